The van der Waals surface area contributed by atoms with Crippen molar-refractivity contribution in [3.63, 3.8) is 0 Å². The smallest absolute Gasteiger partial charge is 0.128 e. The van der Waals surface area contributed by atoms with Gasteiger partial charge in [0.15, 0.2) is 0 Å². The highest BCUT2D eigenvalue weighted by Gasteiger charge is 2.29. The van der Waals surface area contributed by atoms with Gasteiger partial charge in [0, 0.05) is 37.1 Å². The fraction of sp³-hybridized carbons (Fsp3) is 0.333. The predicted molar refractivity (Wildman–Crippen MR) is 108 cm³/mol. The van der Waals surface area contributed by atoms with E-state index in [9.17, 15) is 4.39 Å². The van der Waals surface area contributed by atoms with Crippen LogP contribution in [0.25, 0.3) is 0 Å². The standard InChI is InChI=1S/C24H27FN2/c1-18(2)20-12-10-19(11-13-20)17-27-16-6-15-26-14-5-9-23(26)24(27)21-7-3-4-8-22(21)25/h3-5,7-14,18,24H,6,15-17H2,1-2H3. The summed E-state index contributed by atoms with van der Waals surface area (Å²) >= 11 is 0. The molecule has 0 bridgehead atoms. The van der Waals surface area contributed by atoms with E-state index in [1.165, 1.54) is 16.8 Å². The fourth-order valence-electron chi connectivity index (χ4n) is 4.11. The Labute approximate surface area is 161 Å². The van der Waals surface area contributed by atoms with Crippen molar-refractivity contribution in [2.75, 3.05) is 6.54 Å². The minimum atomic E-state index is -0.127. The van der Waals surface area contributed by atoms with Gasteiger partial charge in [-0.1, -0.05) is 56.3 Å². The molecular weight excluding hydrogens is 335 g/mol. The van der Waals surface area contributed by atoms with Crippen molar-refractivity contribution in [1.82, 2.24) is 9.47 Å². The topological polar surface area (TPSA) is 8.17 Å². The first-order valence-corrected chi connectivity index (χ1v) is 9.86. The normalized spacial score (nSPS) is 17.7. The van der Waals surface area contributed by atoms with Crippen molar-refractivity contribution in [2.45, 2.75) is 45.3 Å². The van der Waals surface area contributed by atoms with Gasteiger partial charge in [0.1, 0.15) is 5.82 Å². The fourth-order valence-corrected chi connectivity index (χ4v) is 4.11. The van der Waals surface area contributed by atoms with Crippen LogP contribution in [0.4, 0.5) is 4.39 Å². The van der Waals surface area contributed by atoms with Gasteiger partial charge in [-0.15, -0.1) is 0 Å². The Bertz CT molecular complexity index is 895. The average molecular weight is 362 g/mol. The summed E-state index contributed by atoms with van der Waals surface area (Å²) in [6.07, 6.45) is 3.18. The van der Waals surface area contributed by atoms with Gasteiger partial charge < -0.3 is 4.57 Å². The lowest BCUT2D eigenvalue weighted by Gasteiger charge is -2.31. The molecule has 0 spiro atoms. The van der Waals surface area contributed by atoms with E-state index < -0.39 is 0 Å². The summed E-state index contributed by atoms with van der Waals surface area (Å²) in [6.45, 7) is 7.18. The van der Waals surface area contributed by atoms with E-state index in [0.29, 0.717) is 5.92 Å². The molecule has 2 nitrogen and oxygen atoms in total. The Balaban J connectivity index is 1.70. The molecule has 0 amide bonds. The highest BCUT2D eigenvalue weighted by Crippen LogP contribution is 2.34. The lowest BCUT2D eigenvalue weighted by Crippen LogP contribution is -2.30. The number of rotatable bonds is 4. The quantitative estimate of drug-likeness (QED) is 0.574. The average Bonchev–Trinajstić information content (AvgIpc) is 3.05. The number of hydrogen-bond acceptors (Lipinski definition) is 1. The Hall–Kier alpha value is -2.39. The zero-order chi connectivity index (χ0) is 18.8. The first-order valence-electron chi connectivity index (χ1n) is 9.86. The monoisotopic (exact) mass is 362 g/mol. The van der Waals surface area contributed by atoms with Gasteiger partial charge in [-0.05, 0) is 41.7 Å². The Kier molecular flexibility index (Phi) is 5.13. The van der Waals surface area contributed by atoms with E-state index in [0.717, 1.165) is 31.6 Å². The second kappa shape index (κ2) is 7.69. The molecule has 140 valence electrons. The SMILES string of the molecule is CC(C)c1ccc(CN2CCCn3cccc3C2c2ccccc2F)cc1. The zero-order valence-corrected chi connectivity index (χ0v) is 16.1. The molecule has 1 unspecified atom stereocenters. The van der Waals surface area contributed by atoms with Crippen molar-refractivity contribution in [2.24, 2.45) is 0 Å². The molecule has 0 N–H and O–H groups in total. The molecule has 0 radical (unpaired) electrons. The maximum Gasteiger partial charge on any atom is 0.128 e. The second-order valence-corrected chi connectivity index (χ2v) is 7.77. The largest absolute Gasteiger partial charge is 0.350 e. The molecule has 0 fully saturated rings. The minimum absolute atomic E-state index is 0.0616. The molecule has 2 heterocycles. The molecule has 1 aliphatic heterocycles. The summed E-state index contributed by atoms with van der Waals surface area (Å²) in [5.41, 5.74) is 4.57. The summed E-state index contributed by atoms with van der Waals surface area (Å²) in [4.78, 5) is 2.42. The van der Waals surface area contributed by atoms with Crippen LogP contribution < -0.4 is 0 Å². The van der Waals surface area contributed by atoms with Gasteiger partial charge in [-0.2, -0.15) is 0 Å². The van der Waals surface area contributed by atoms with E-state index in [4.69, 9.17) is 0 Å². The number of nitrogens with zero attached hydrogens (tertiary/aromatic N) is 2. The van der Waals surface area contributed by atoms with E-state index in [-0.39, 0.29) is 11.9 Å². The lowest BCUT2D eigenvalue weighted by molar-refractivity contribution is 0.216. The van der Waals surface area contributed by atoms with Gasteiger partial charge in [0.25, 0.3) is 0 Å². The molecule has 0 aliphatic carbocycles. The first kappa shape index (κ1) is 18.0. The van der Waals surface area contributed by atoms with Gasteiger partial charge in [-0.25, -0.2) is 4.39 Å². The van der Waals surface area contributed by atoms with Crippen LogP contribution in [0, 0.1) is 5.82 Å². The molecule has 3 heteroatoms. The van der Waals surface area contributed by atoms with Crippen LogP contribution in [0.1, 0.15) is 54.6 Å². The minimum Gasteiger partial charge on any atom is -0.350 e. The van der Waals surface area contributed by atoms with E-state index >= 15 is 0 Å². The number of hydrogen-bond donors (Lipinski definition) is 0. The number of fused-ring (bicyclic) bond motifs is 1. The summed E-state index contributed by atoms with van der Waals surface area (Å²) in [5.74, 6) is 0.406. The number of halogens is 1. The van der Waals surface area contributed by atoms with Crippen molar-refractivity contribution in [3.05, 3.63) is 95.1 Å². The summed E-state index contributed by atoms with van der Waals surface area (Å²) in [6, 6.07) is 20.2. The lowest BCUT2D eigenvalue weighted by atomic mass is 9.99. The van der Waals surface area contributed by atoms with Crippen LogP contribution >= 0.6 is 0 Å². The summed E-state index contributed by atoms with van der Waals surface area (Å²) < 4.78 is 17.0. The van der Waals surface area contributed by atoms with Gasteiger partial charge in [0.2, 0.25) is 0 Å². The zero-order valence-electron chi connectivity index (χ0n) is 16.1. The molecule has 1 aliphatic rings. The molecule has 4 rings (SSSR count). The molecule has 2 aromatic carbocycles. The van der Waals surface area contributed by atoms with E-state index in [2.05, 4.69) is 65.9 Å². The third-order valence-electron chi connectivity index (χ3n) is 5.59. The van der Waals surface area contributed by atoms with Crippen molar-refractivity contribution in [3.8, 4) is 0 Å². The van der Waals surface area contributed by atoms with Crippen LogP contribution in [0.3, 0.4) is 0 Å². The van der Waals surface area contributed by atoms with Crippen LogP contribution in [-0.4, -0.2) is 16.0 Å². The Morgan fingerprint density at radius 3 is 2.48 bits per heavy atom. The van der Waals surface area contributed by atoms with Gasteiger partial charge in [0.05, 0.1) is 6.04 Å². The number of aromatic nitrogens is 1. The Morgan fingerprint density at radius 1 is 0.963 bits per heavy atom. The molecule has 27 heavy (non-hydrogen) atoms. The molecule has 1 aromatic heterocycles. The first-order chi connectivity index (χ1) is 13.1. The van der Waals surface area contributed by atoms with Crippen molar-refractivity contribution < 1.29 is 4.39 Å². The highest BCUT2D eigenvalue weighted by molar-refractivity contribution is 5.32. The molecule has 0 saturated carbocycles. The summed E-state index contributed by atoms with van der Waals surface area (Å²) in [5, 5.41) is 0. The maximum absolute atomic E-state index is 14.7. The van der Waals surface area contributed by atoms with E-state index in [1.807, 2.05) is 12.1 Å². The van der Waals surface area contributed by atoms with E-state index in [1.54, 1.807) is 12.1 Å². The van der Waals surface area contributed by atoms with Gasteiger partial charge in [-0.3, -0.25) is 4.90 Å². The molecule has 1 atom stereocenters. The molecule has 0 saturated heterocycles. The van der Waals surface area contributed by atoms with Crippen LogP contribution in [0.2, 0.25) is 0 Å². The third-order valence-corrected chi connectivity index (χ3v) is 5.59. The van der Waals surface area contributed by atoms with Crippen LogP contribution in [-0.2, 0) is 13.1 Å². The summed E-state index contributed by atoms with van der Waals surface area (Å²) in [7, 11) is 0. The third kappa shape index (κ3) is 3.70. The Morgan fingerprint density at radius 2 is 1.74 bits per heavy atom. The van der Waals surface area contributed by atoms with Crippen molar-refractivity contribution in [1.29, 1.82) is 0 Å². The predicted octanol–water partition coefficient (Wildman–Crippen LogP) is 5.75. The van der Waals surface area contributed by atoms with Crippen molar-refractivity contribution >= 4 is 0 Å². The molecular formula is C24H27FN2. The number of aryl methyl sites for hydroxylation is 1. The van der Waals surface area contributed by atoms with Gasteiger partial charge >= 0.3 is 0 Å². The molecule has 3 aromatic rings. The number of benzene rings is 2. The highest BCUT2D eigenvalue weighted by atomic mass is 19.1. The maximum atomic E-state index is 14.7. The van der Waals surface area contributed by atoms with Crippen LogP contribution in [0.5, 0.6) is 0 Å². The second-order valence-electron chi connectivity index (χ2n) is 7.77. The van der Waals surface area contributed by atoms with Crippen LogP contribution in [0.15, 0.2) is 66.9 Å².